The molecule has 19 heavy (non-hydrogen) atoms. The lowest BCUT2D eigenvalue weighted by atomic mass is 9.66. The molecule has 0 heterocycles. The minimum absolute atomic E-state index is 0.0648. The van der Waals surface area contributed by atoms with Crippen molar-refractivity contribution in [3.63, 3.8) is 0 Å². The molecule has 0 aliphatic heterocycles. The highest BCUT2D eigenvalue weighted by Gasteiger charge is 2.45. The minimum Gasteiger partial charge on any atom is -0.481 e. The van der Waals surface area contributed by atoms with Gasteiger partial charge in [0.1, 0.15) is 0 Å². The first-order chi connectivity index (χ1) is 8.91. The molecule has 0 spiro atoms. The third-order valence-corrected chi connectivity index (χ3v) is 3.77. The molecule has 2 N–H and O–H groups in total. The van der Waals surface area contributed by atoms with E-state index in [0.717, 1.165) is 23.2 Å². The molecule has 1 aliphatic carbocycles. The number of rotatable bonds is 4. The number of carbonyl (C=O) groups excluding carboxylic acids is 1. The molecule has 1 fully saturated rings. The van der Waals surface area contributed by atoms with Gasteiger partial charge in [0.2, 0.25) is 5.91 Å². The summed E-state index contributed by atoms with van der Waals surface area (Å²) in [7, 11) is 0. The summed E-state index contributed by atoms with van der Waals surface area (Å²) in [4.78, 5) is 23.2. The Morgan fingerprint density at radius 2 is 1.79 bits per heavy atom. The van der Waals surface area contributed by atoms with E-state index < -0.39 is 11.4 Å². The van der Waals surface area contributed by atoms with Crippen molar-refractivity contribution in [3.05, 3.63) is 29.3 Å². The van der Waals surface area contributed by atoms with Crippen LogP contribution in [0.4, 0.5) is 5.69 Å². The van der Waals surface area contributed by atoms with Crippen molar-refractivity contribution in [3.8, 4) is 0 Å². The quantitative estimate of drug-likeness (QED) is 0.875. The molecule has 1 saturated carbocycles. The largest absolute Gasteiger partial charge is 0.481 e. The van der Waals surface area contributed by atoms with Gasteiger partial charge in [-0.2, -0.15) is 0 Å². The topological polar surface area (TPSA) is 66.4 Å². The van der Waals surface area contributed by atoms with Gasteiger partial charge in [-0.3, -0.25) is 9.59 Å². The number of benzene rings is 1. The van der Waals surface area contributed by atoms with E-state index in [4.69, 9.17) is 0 Å². The summed E-state index contributed by atoms with van der Waals surface area (Å²) in [6.07, 6.45) is 2.16. The van der Waals surface area contributed by atoms with E-state index in [0.29, 0.717) is 12.8 Å². The fraction of sp³-hybridized carbons (Fsp3) is 0.467. The lowest BCUT2D eigenvalue weighted by molar-refractivity contribution is -0.157. The third-order valence-electron chi connectivity index (χ3n) is 3.77. The van der Waals surface area contributed by atoms with Crippen LogP contribution in [0.5, 0.6) is 0 Å². The van der Waals surface area contributed by atoms with E-state index in [1.54, 1.807) is 0 Å². The zero-order valence-corrected chi connectivity index (χ0v) is 11.3. The molecule has 0 saturated heterocycles. The maximum Gasteiger partial charge on any atom is 0.310 e. The van der Waals surface area contributed by atoms with Gasteiger partial charge in [0.15, 0.2) is 0 Å². The lowest BCUT2D eigenvalue weighted by Gasteiger charge is -2.36. The van der Waals surface area contributed by atoms with Gasteiger partial charge >= 0.3 is 5.97 Å². The van der Waals surface area contributed by atoms with Crippen LogP contribution in [0.2, 0.25) is 0 Å². The van der Waals surface area contributed by atoms with Crippen LogP contribution in [-0.2, 0) is 9.59 Å². The lowest BCUT2D eigenvalue weighted by Crippen LogP contribution is -2.41. The van der Waals surface area contributed by atoms with Gasteiger partial charge in [-0.05, 0) is 49.9 Å². The molecule has 0 radical (unpaired) electrons. The third kappa shape index (κ3) is 2.95. The summed E-state index contributed by atoms with van der Waals surface area (Å²) >= 11 is 0. The predicted molar refractivity (Wildman–Crippen MR) is 73.1 cm³/mol. The Labute approximate surface area is 112 Å². The first-order valence-electron chi connectivity index (χ1n) is 6.53. The first kappa shape index (κ1) is 13.6. The van der Waals surface area contributed by atoms with Gasteiger partial charge in [0, 0.05) is 12.1 Å². The summed E-state index contributed by atoms with van der Waals surface area (Å²) in [5.41, 5.74) is 2.06. The molecule has 0 atom stereocenters. The monoisotopic (exact) mass is 261 g/mol. The molecule has 2 rings (SSSR count). The summed E-state index contributed by atoms with van der Waals surface area (Å²) in [6.45, 7) is 3.93. The number of amides is 1. The summed E-state index contributed by atoms with van der Waals surface area (Å²) in [6, 6.07) is 5.80. The van der Waals surface area contributed by atoms with Gasteiger partial charge < -0.3 is 10.4 Å². The normalized spacial score (nSPS) is 16.5. The Balaban J connectivity index is 2.03. The average Bonchev–Trinajstić information content (AvgIpc) is 2.21. The second-order valence-electron chi connectivity index (χ2n) is 5.54. The van der Waals surface area contributed by atoms with Crippen LogP contribution >= 0.6 is 0 Å². The highest BCUT2D eigenvalue weighted by atomic mass is 16.4. The number of aliphatic carboxylic acids is 1. The molecule has 4 nitrogen and oxygen atoms in total. The number of hydrogen-bond acceptors (Lipinski definition) is 2. The fourth-order valence-electron chi connectivity index (χ4n) is 2.63. The van der Waals surface area contributed by atoms with Crippen LogP contribution < -0.4 is 5.32 Å². The van der Waals surface area contributed by atoms with Gasteiger partial charge in [0.25, 0.3) is 0 Å². The zero-order valence-electron chi connectivity index (χ0n) is 11.3. The molecule has 1 aromatic rings. The van der Waals surface area contributed by atoms with Crippen molar-refractivity contribution < 1.29 is 14.7 Å². The van der Waals surface area contributed by atoms with Crippen LogP contribution in [0.25, 0.3) is 0 Å². The van der Waals surface area contributed by atoms with Crippen LogP contribution in [0, 0.1) is 19.3 Å². The summed E-state index contributed by atoms with van der Waals surface area (Å²) < 4.78 is 0. The Morgan fingerprint density at radius 3 is 2.21 bits per heavy atom. The van der Waals surface area contributed by atoms with Gasteiger partial charge in [-0.1, -0.05) is 12.5 Å². The molecule has 0 bridgehead atoms. The van der Waals surface area contributed by atoms with Crippen molar-refractivity contribution in [2.75, 3.05) is 5.32 Å². The smallest absolute Gasteiger partial charge is 0.310 e. The molecule has 1 amide bonds. The average molecular weight is 261 g/mol. The van der Waals surface area contributed by atoms with Gasteiger partial charge in [-0.25, -0.2) is 0 Å². The summed E-state index contributed by atoms with van der Waals surface area (Å²) in [5, 5.41) is 12.0. The van der Waals surface area contributed by atoms with Crippen LogP contribution in [0.1, 0.15) is 36.8 Å². The number of carbonyl (C=O) groups is 2. The Kier molecular flexibility index (Phi) is 3.60. The molecule has 1 aromatic carbocycles. The molecule has 102 valence electrons. The number of nitrogens with one attached hydrogen (secondary N) is 1. The van der Waals surface area contributed by atoms with E-state index in [-0.39, 0.29) is 12.3 Å². The van der Waals surface area contributed by atoms with Crippen molar-refractivity contribution in [1.82, 2.24) is 0 Å². The van der Waals surface area contributed by atoms with Gasteiger partial charge in [-0.15, -0.1) is 0 Å². The highest BCUT2D eigenvalue weighted by Crippen LogP contribution is 2.44. The van der Waals surface area contributed by atoms with E-state index in [2.05, 4.69) is 5.32 Å². The van der Waals surface area contributed by atoms with E-state index >= 15 is 0 Å². The Bertz CT molecular complexity index is 498. The van der Waals surface area contributed by atoms with Gasteiger partial charge in [0.05, 0.1) is 5.41 Å². The van der Waals surface area contributed by atoms with Crippen molar-refractivity contribution in [2.45, 2.75) is 39.5 Å². The zero-order chi connectivity index (χ0) is 14.0. The van der Waals surface area contributed by atoms with Crippen molar-refractivity contribution in [2.24, 2.45) is 5.41 Å². The molecule has 4 heteroatoms. The van der Waals surface area contributed by atoms with Crippen LogP contribution in [0.3, 0.4) is 0 Å². The standard InChI is InChI=1S/C15H19NO3/c1-10-6-11(2)8-12(7-10)16-13(17)9-15(14(18)19)4-3-5-15/h6-8H,3-5,9H2,1-2H3,(H,16,17)(H,18,19). The molecular formula is C15H19NO3. The highest BCUT2D eigenvalue weighted by molar-refractivity contribution is 5.94. The number of anilines is 1. The van der Waals surface area contributed by atoms with E-state index in [1.807, 2.05) is 32.0 Å². The van der Waals surface area contributed by atoms with E-state index in [1.165, 1.54) is 0 Å². The summed E-state index contributed by atoms with van der Waals surface area (Å²) in [5.74, 6) is -1.07. The van der Waals surface area contributed by atoms with E-state index in [9.17, 15) is 14.7 Å². The maximum atomic E-state index is 12.0. The Hall–Kier alpha value is -1.84. The second-order valence-corrected chi connectivity index (χ2v) is 5.54. The minimum atomic E-state index is -0.852. The SMILES string of the molecule is Cc1cc(C)cc(NC(=O)CC2(C(=O)O)CCC2)c1. The number of carboxylic acids is 1. The number of carboxylic acid groups (broad SMARTS) is 1. The maximum absolute atomic E-state index is 12.0. The number of hydrogen-bond donors (Lipinski definition) is 2. The second kappa shape index (κ2) is 5.03. The van der Waals surface area contributed by atoms with Crippen molar-refractivity contribution >= 4 is 17.6 Å². The first-order valence-corrected chi connectivity index (χ1v) is 6.53. The number of aryl methyl sites for hydroxylation is 2. The predicted octanol–water partition coefficient (Wildman–Crippen LogP) is 2.89. The van der Waals surface area contributed by atoms with Crippen LogP contribution in [0.15, 0.2) is 18.2 Å². The fourth-order valence-corrected chi connectivity index (χ4v) is 2.63. The van der Waals surface area contributed by atoms with Crippen molar-refractivity contribution in [1.29, 1.82) is 0 Å². The molecule has 0 aromatic heterocycles. The Morgan fingerprint density at radius 1 is 1.21 bits per heavy atom. The molecular weight excluding hydrogens is 242 g/mol. The molecule has 0 unspecified atom stereocenters. The van der Waals surface area contributed by atoms with Crippen LogP contribution in [-0.4, -0.2) is 17.0 Å². The molecule has 1 aliphatic rings.